The van der Waals surface area contributed by atoms with Crippen molar-refractivity contribution < 1.29 is 33.9 Å². The van der Waals surface area contributed by atoms with Crippen molar-refractivity contribution in [2.75, 3.05) is 12.3 Å². The number of carbonyl (C=O) groups is 6. The second-order valence-electron chi connectivity index (χ2n) is 7.10. The molecule has 0 fully saturated rings. The van der Waals surface area contributed by atoms with Crippen LogP contribution in [0.4, 0.5) is 0 Å². The summed E-state index contributed by atoms with van der Waals surface area (Å²) in [5, 5.41) is 16.0. The van der Waals surface area contributed by atoms with Crippen molar-refractivity contribution in [3.63, 3.8) is 0 Å². The molecule has 0 aromatic heterocycles. The van der Waals surface area contributed by atoms with Gasteiger partial charge < -0.3 is 49.7 Å². The third-order valence-corrected chi connectivity index (χ3v) is 4.54. The third kappa shape index (κ3) is 12.4. The molecule has 0 spiro atoms. The van der Waals surface area contributed by atoms with Crippen LogP contribution in [0.2, 0.25) is 0 Å². The summed E-state index contributed by atoms with van der Waals surface area (Å²) in [6, 6.07) is -5.57. The standard InChI is InChI=1S/C17H31N9O7S/c18-7(4-11(19)27)13(29)26-10(6-34)15(31)25-9(5-12(20)28)14(30)24-8(16(32)33)2-1-3-23-17(21)22/h7-10,34H,1-6,18H2,(H2,19,27)(H2,20,28)(H,24,30)(H,25,31)(H,26,29)(H,32,33)(H4,21,22,23). The van der Waals surface area contributed by atoms with Gasteiger partial charge in [0.2, 0.25) is 29.5 Å². The first-order valence-corrected chi connectivity index (χ1v) is 10.5. The first-order valence-electron chi connectivity index (χ1n) is 9.90. The predicted molar refractivity (Wildman–Crippen MR) is 123 cm³/mol. The molecule has 0 aliphatic rings. The molecule has 34 heavy (non-hydrogen) atoms. The molecular weight excluding hydrogens is 474 g/mol. The average Bonchev–Trinajstić information content (AvgIpc) is 2.71. The zero-order chi connectivity index (χ0) is 26.4. The summed E-state index contributed by atoms with van der Waals surface area (Å²) in [5.74, 6) is -6.40. The smallest absolute Gasteiger partial charge is 0.326 e. The van der Waals surface area contributed by atoms with Crippen LogP contribution in [0.15, 0.2) is 4.99 Å². The van der Waals surface area contributed by atoms with Gasteiger partial charge in [-0.15, -0.1) is 0 Å². The monoisotopic (exact) mass is 505 g/mol. The second-order valence-corrected chi connectivity index (χ2v) is 7.47. The van der Waals surface area contributed by atoms with Gasteiger partial charge in [0, 0.05) is 12.3 Å². The number of hydrogen-bond acceptors (Lipinski definition) is 9. The Labute approximate surface area is 200 Å². The summed E-state index contributed by atoms with van der Waals surface area (Å²) in [4.78, 5) is 74.6. The zero-order valence-corrected chi connectivity index (χ0v) is 19.1. The molecule has 0 rings (SSSR count). The van der Waals surface area contributed by atoms with Crippen LogP contribution >= 0.6 is 12.6 Å². The van der Waals surface area contributed by atoms with Crippen molar-refractivity contribution in [3.05, 3.63) is 0 Å². The molecule has 0 aromatic carbocycles. The SMILES string of the molecule is NC(=O)CC(N)C(=O)NC(CS)C(=O)NC(CC(N)=O)C(=O)NC(CCCN=C(N)N)C(=O)O. The largest absolute Gasteiger partial charge is 0.480 e. The number of carbonyl (C=O) groups excluding carboxylic acids is 5. The van der Waals surface area contributed by atoms with Crippen LogP contribution in [0.5, 0.6) is 0 Å². The molecule has 0 radical (unpaired) electrons. The lowest BCUT2D eigenvalue weighted by molar-refractivity contribution is -0.142. The minimum Gasteiger partial charge on any atom is -0.480 e. The molecule has 17 heteroatoms. The quantitative estimate of drug-likeness (QED) is 0.0410. The Bertz CT molecular complexity index is 804. The Kier molecular flexibility index (Phi) is 13.7. The van der Waals surface area contributed by atoms with Crippen molar-refractivity contribution >= 4 is 54.1 Å². The molecule has 0 aliphatic heterocycles. The van der Waals surface area contributed by atoms with Crippen LogP contribution in [-0.4, -0.2) is 83.0 Å². The van der Waals surface area contributed by atoms with Crippen LogP contribution in [-0.2, 0) is 28.8 Å². The van der Waals surface area contributed by atoms with Crippen molar-refractivity contribution in [2.45, 2.75) is 49.9 Å². The number of rotatable bonds is 16. The van der Waals surface area contributed by atoms with Gasteiger partial charge in [-0.1, -0.05) is 0 Å². The van der Waals surface area contributed by atoms with Crippen LogP contribution in [0, 0.1) is 0 Å². The van der Waals surface area contributed by atoms with Crippen LogP contribution in [0.1, 0.15) is 25.7 Å². The van der Waals surface area contributed by atoms with Gasteiger partial charge in [0.25, 0.3) is 0 Å². The van der Waals surface area contributed by atoms with Crippen molar-refractivity contribution in [3.8, 4) is 0 Å². The maximum atomic E-state index is 12.6. The number of carboxylic acids is 1. The van der Waals surface area contributed by atoms with Gasteiger partial charge in [-0.05, 0) is 12.8 Å². The zero-order valence-electron chi connectivity index (χ0n) is 18.2. The topological polar surface area (TPSA) is 301 Å². The third-order valence-electron chi connectivity index (χ3n) is 4.17. The average molecular weight is 506 g/mol. The van der Waals surface area contributed by atoms with E-state index in [4.69, 9.17) is 28.7 Å². The number of aliphatic imine (C=N–C) groups is 1. The molecule has 0 saturated carbocycles. The highest BCUT2D eigenvalue weighted by atomic mass is 32.1. The molecule has 0 bridgehead atoms. The Hall–Kier alpha value is -3.60. The maximum Gasteiger partial charge on any atom is 0.326 e. The molecule has 0 saturated heterocycles. The number of nitrogens with zero attached hydrogens (tertiary/aromatic N) is 1. The lowest BCUT2D eigenvalue weighted by atomic mass is 10.1. The Morgan fingerprint density at radius 1 is 0.794 bits per heavy atom. The number of amides is 5. The van der Waals surface area contributed by atoms with E-state index in [-0.39, 0.29) is 31.1 Å². The fourth-order valence-corrected chi connectivity index (χ4v) is 2.76. The number of nitrogens with one attached hydrogen (secondary N) is 3. The molecule has 5 amide bonds. The number of nitrogens with two attached hydrogens (primary N) is 5. The Balaban J connectivity index is 5.27. The van der Waals surface area contributed by atoms with Crippen LogP contribution in [0.25, 0.3) is 0 Å². The molecule has 0 heterocycles. The molecule has 14 N–H and O–H groups in total. The fourth-order valence-electron chi connectivity index (χ4n) is 2.50. The molecule has 0 aliphatic carbocycles. The highest BCUT2D eigenvalue weighted by molar-refractivity contribution is 7.80. The van der Waals surface area contributed by atoms with E-state index in [9.17, 15) is 33.9 Å². The lowest BCUT2D eigenvalue weighted by Gasteiger charge is -2.24. The number of aliphatic carboxylic acids is 1. The van der Waals surface area contributed by atoms with E-state index in [1.165, 1.54) is 0 Å². The van der Waals surface area contributed by atoms with Crippen molar-refractivity contribution in [2.24, 2.45) is 33.7 Å². The number of guanidine groups is 1. The summed E-state index contributed by atoms with van der Waals surface area (Å²) in [7, 11) is 0. The number of hydrogen-bond donors (Lipinski definition) is 10. The number of thiol groups is 1. The first-order chi connectivity index (χ1) is 15.8. The van der Waals surface area contributed by atoms with E-state index >= 15 is 0 Å². The highest BCUT2D eigenvalue weighted by Crippen LogP contribution is 2.02. The molecule has 4 atom stereocenters. The van der Waals surface area contributed by atoms with Crippen molar-refractivity contribution in [1.29, 1.82) is 0 Å². The molecule has 4 unspecified atom stereocenters. The van der Waals surface area contributed by atoms with Gasteiger partial charge in [-0.2, -0.15) is 12.6 Å². The predicted octanol–water partition coefficient (Wildman–Crippen LogP) is -5.41. The van der Waals surface area contributed by atoms with Gasteiger partial charge in [0.1, 0.15) is 18.1 Å². The van der Waals surface area contributed by atoms with Crippen LogP contribution < -0.4 is 44.6 Å². The van der Waals surface area contributed by atoms with Crippen molar-refractivity contribution in [1.82, 2.24) is 16.0 Å². The number of primary amides is 2. The molecular formula is C17H31N9O7S. The minimum atomic E-state index is -1.55. The molecule has 0 aromatic rings. The lowest BCUT2D eigenvalue weighted by Crippen LogP contribution is -2.58. The summed E-state index contributed by atoms with van der Waals surface area (Å²) in [6.45, 7) is 0.116. The second kappa shape index (κ2) is 15.3. The van der Waals surface area contributed by atoms with Gasteiger partial charge in [-0.25, -0.2) is 4.79 Å². The number of carboxylic acid groups (broad SMARTS) is 1. The molecule has 16 nitrogen and oxygen atoms in total. The summed E-state index contributed by atoms with van der Waals surface area (Å²) in [5.41, 5.74) is 26.0. The van der Waals surface area contributed by atoms with Crippen LogP contribution in [0.3, 0.4) is 0 Å². The fraction of sp³-hybridized carbons (Fsp3) is 0.588. The van der Waals surface area contributed by atoms with Gasteiger partial charge in [0.15, 0.2) is 5.96 Å². The van der Waals surface area contributed by atoms with E-state index in [0.717, 1.165) is 0 Å². The summed E-state index contributed by atoms with van der Waals surface area (Å²) >= 11 is 3.95. The van der Waals surface area contributed by atoms with E-state index in [0.29, 0.717) is 0 Å². The summed E-state index contributed by atoms with van der Waals surface area (Å²) in [6.07, 6.45) is -0.977. The van der Waals surface area contributed by atoms with E-state index < -0.39 is 72.5 Å². The van der Waals surface area contributed by atoms with E-state index in [2.05, 4.69) is 33.6 Å². The van der Waals surface area contributed by atoms with E-state index in [1.807, 2.05) is 0 Å². The highest BCUT2D eigenvalue weighted by Gasteiger charge is 2.30. The van der Waals surface area contributed by atoms with Gasteiger partial charge in [-0.3, -0.25) is 29.0 Å². The normalized spacial score (nSPS) is 13.9. The van der Waals surface area contributed by atoms with E-state index in [1.54, 1.807) is 0 Å². The van der Waals surface area contributed by atoms with Gasteiger partial charge >= 0.3 is 5.97 Å². The maximum absolute atomic E-state index is 12.6. The summed E-state index contributed by atoms with van der Waals surface area (Å²) < 4.78 is 0. The Morgan fingerprint density at radius 2 is 1.29 bits per heavy atom. The Morgan fingerprint density at radius 3 is 1.76 bits per heavy atom. The first kappa shape index (κ1) is 30.4. The van der Waals surface area contributed by atoms with Gasteiger partial charge in [0.05, 0.1) is 18.9 Å². The molecule has 192 valence electrons. The minimum absolute atomic E-state index is 0.0534.